The first kappa shape index (κ1) is 13.0. The Balaban J connectivity index is 2.33. The Kier molecular flexibility index (Phi) is 6.31. The molecule has 0 heterocycles. The molecule has 0 aromatic carbocycles. The third-order valence-electron chi connectivity index (χ3n) is 3.84. The fourth-order valence-electron chi connectivity index (χ4n) is 2.87. The van der Waals surface area contributed by atoms with Crippen molar-refractivity contribution in [2.45, 2.75) is 84.2 Å². The molecule has 1 N–H and O–H groups in total. The monoisotopic (exact) mass is 211 g/mol. The average molecular weight is 211 g/mol. The van der Waals surface area contributed by atoms with Crippen molar-refractivity contribution in [1.82, 2.24) is 5.32 Å². The molecule has 0 amide bonds. The average Bonchev–Trinajstić information content (AvgIpc) is 2.22. The molecule has 15 heavy (non-hydrogen) atoms. The van der Waals surface area contributed by atoms with Crippen molar-refractivity contribution < 1.29 is 0 Å². The second-order valence-corrected chi connectivity index (χ2v) is 5.31. The van der Waals surface area contributed by atoms with Crippen LogP contribution in [0.15, 0.2) is 0 Å². The fraction of sp³-hybridized carbons (Fsp3) is 1.00. The fourth-order valence-corrected chi connectivity index (χ4v) is 2.87. The van der Waals surface area contributed by atoms with E-state index in [1.54, 1.807) is 0 Å². The molecule has 0 bridgehead atoms. The topological polar surface area (TPSA) is 12.0 Å². The highest BCUT2D eigenvalue weighted by molar-refractivity contribution is 4.81. The third-order valence-corrected chi connectivity index (χ3v) is 3.84. The van der Waals surface area contributed by atoms with E-state index in [1.807, 2.05) is 0 Å². The number of nitrogens with one attached hydrogen (secondary N) is 1. The van der Waals surface area contributed by atoms with E-state index in [0.29, 0.717) is 0 Å². The summed E-state index contributed by atoms with van der Waals surface area (Å²) >= 11 is 0. The van der Waals surface area contributed by atoms with E-state index in [4.69, 9.17) is 0 Å². The molecule has 1 fully saturated rings. The zero-order valence-electron chi connectivity index (χ0n) is 10.9. The van der Waals surface area contributed by atoms with Crippen molar-refractivity contribution in [3.63, 3.8) is 0 Å². The summed E-state index contributed by atoms with van der Waals surface area (Å²) in [6, 6.07) is 1.59. The van der Waals surface area contributed by atoms with Crippen LogP contribution in [0.5, 0.6) is 0 Å². The van der Waals surface area contributed by atoms with Crippen molar-refractivity contribution in [1.29, 1.82) is 0 Å². The van der Waals surface area contributed by atoms with Gasteiger partial charge >= 0.3 is 0 Å². The van der Waals surface area contributed by atoms with Crippen LogP contribution in [0.2, 0.25) is 0 Å². The summed E-state index contributed by atoms with van der Waals surface area (Å²) in [6.07, 6.45) is 11.1. The van der Waals surface area contributed by atoms with Crippen molar-refractivity contribution in [3.05, 3.63) is 0 Å². The molecule has 1 heteroatoms. The second kappa shape index (κ2) is 7.27. The lowest BCUT2D eigenvalue weighted by molar-refractivity contribution is 0.247. The maximum atomic E-state index is 3.91. The minimum atomic E-state index is 0.783. The van der Waals surface area contributed by atoms with E-state index in [0.717, 1.165) is 18.0 Å². The van der Waals surface area contributed by atoms with Crippen LogP contribution < -0.4 is 5.32 Å². The molecule has 1 aliphatic rings. The van der Waals surface area contributed by atoms with Gasteiger partial charge in [0.05, 0.1) is 0 Å². The highest BCUT2D eigenvalue weighted by Crippen LogP contribution is 2.24. The van der Waals surface area contributed by atoms with Crippen LogP contribution in [0, 0.1) is 5.92 Å². The molecular formula is C14H29N. The minimum absolute atomic E-state index is 0.783. The van der Waals surface area contributed by atoms with Gasteiger partial charge in [-0.05, 0) is 31.6 Å². The SMILES string of the molecule is CCCC(CCC)NC1CCCCC1C. The summed E-state index contributed by atoms with van der Waals surface area (Å²) in [6.45, 7) is 7.02. The standard InChI is InChI=1S/C14H29N/c1-4-8-13(9-5-2)15-14-11-7-6-10-12(14)3/h12-15H,4-11H2,1-3H3. The summed E-state index contributed by atoms with van der Waals surface area (Å²) in [7, 11) is 0. The maximum absolute atomic E-state index is 3.91. The van der Waals surface area contributed by atoms with Crippen molar-refractivity contribution in [2.24, 2.45) is 5.92 Å². The first-order valence-electron chi connectivity index (χ1n) is 7.04. The molecule has 1 aliphatic carbocycles. The maximum Gasteiger partial charge on any atom is 0.00952 e. The quantitative estimate of drug-likeness (QED) is 0.697. The molecule has 0 aromatic rings. The zero-order chi connectivity index (χ0) is 11.1. The molecule has 1 rings (SSSR count). The Morgan fingerprint density at radius 3 is 2.20 bits per heavy atom. The predicted octanol–water partition coefficient (Wildman–Crippen LogP) is 4.12. The first-order valence-corrected chi connectivity index (χ1v) is 7.04. The van der Waals surface area contributed by atoms with E-state index in [1.165, 1.54) is 51.4 Å². The van der Waals surface area contributed by atoms with E-state index in [2.05, 4.69) is 26.1 Å². The van der Waals surface area contributed by atoms with Crippen molar-refractivity contribution >= 4 is 0 Å². The van der Waals surface area contributed by atoms with Gasteiger partial charge in [-0.25, -0.2) is 0 Å². The number of hydrogen-bond donors (Lipinski definition) is 1. The van der Waals surface area contributed by atoms with Crippen LogP contribution in [0.3, 0.4) is 0 Å². The van der Waals surface area contributed by atoms with Gasteiger partial charge in [0.1, 0.15) is 0 Å². The van der Waals surface area contributed by atoms with E-state index in [-0.39, 0.29) is 0 Å². The lowest BCUT2D eigenvalue weighted by atomic mass is 9.85. The molecule has 2 atom stereocenters. The molecule has 0 aromatic heterocycles. The van der Waals surface area contributed by atoms with Gasteiger partial charge in [0.2, 0.25) is 0 Å². The largest absolute Gasteiger partial charge is 0.311 e. The van der Waals surface area contributed by atoms with Gasteiger partial charge < -0.3 is 5.32 Å². The van der Waals surface area contributed by atoms with Gasteiger partial charge in [-0.15, -0.1) is 0 Å². The van der Waals surface area contributed by atoms with Gasteiger partial charge in [-0.2, -0.15) is 0 Å². The Morgan fingerprint density at radius 1 is 1.07 bits per heavy atom. The third kappa shape index (κ3) is 4.55. The normalized spacial score (nSPS) is 27.2. The summed E-state index contributed by atoms with van der Waals surface area (Å²) < 4.78 is 0. The first-order chi connectivity index (χ1) is 7.27. The minimum Gasteiger partial charge on any atom is -0.311 e. The molecule has 90 valence electrons. The number of hydrogen-bond acceptors (Lipinski definition) is 1. The van der Waals surface area contributed by atoms with Gasteiger partial charge in [-0.1, -0.05) is 46.5 Å². The predicted molar refractivity (Wildman–Crippen MR) is 68.2 cm³/mol. The molecule has 1 nitrogen and oxygen atoms in total. The van der Waals surface area contributed by atoms with E-state index >= 15 is 0 Å². The Bertz CT molecular complexity index is 149. The Hall–Kier alpha value is -0.0400. The summed E-state index contributed by atoms with van der Waals surface area (Å²) in [5.41, 5.74) is 0. The molecule has 0 aliphatic heterocycles. The Labute approximate surface area is 96.0 Å². The highest BCUT2D eigenvalue weighted by atomic mass is 15.0. The smallest absolute Gasteiger partial charge is 0.00952 e. The zero-order valence-corrected chi connectivity index (χ0v) is 10.9. The second-order valence-electron chi connectivity index (χ2n) is 5.31. The molecule has 2 unspecified atom stereocenters. The molecule has 0 spiro atoms. The van der Waals surface area contributed by atoms with Crippen molar-refractivity contribution in [2.75, 3.05) is 0 Å². The lowest BCUT2D eigenvalue weighted by Gasteiger charge is -2.33. The molecule has 0 radical (unpaired) electrons. The summed E-state index contributed by atoms with van der Waals surface area (Å²) in [4.78, 5) is 0. The molecular weight excluding hydrogens is 182 g/mol. The lowest BCUT2D eigenvalue weighted by Crippen LogP contribution is -2.43. The van der Waals surface area contributed by atoms with Gasteiger partial charge in [0, 0.05) is 12.1 Å². The number of rotatable bonds is 6. The van der Waals surface area contributed by atoms with Crippen LogP contribution in [0.1, 0.15) is 72.1 Å². The van der Waals surface area contributed by atoms with Gasteiger partial charge in [0.15, 0.2) is 0 Å². The molecule has 0 saturated heterocycles. The van der Waals surface area contributed by atoms with E-state index in [9.17, 15) is 0 Å². The highest BCUT2D eigenvalue weighted by Gasteiger charge is 2.22. The molecule has 1 saturated carbocycles. The summed E-state index contributed by atoms with van der Waals surface area (Å²) in [5, 5.41) is 3.91. The van der Waals surface area contributed by atoms with Crippen LogP contribution in [-0.2, 0) is 0 Å². The van der Waals surface area contributed by atoms with Crippen LogP contribution in [0.4, 0.5) is 0 Å². The van der Waals surface area contributed by atoms with E-state index < -0.39 is 0 Å². The van der Waals surface area contributed by atoms with Crippen molar-refractivity contribution in [3.8, 4) is 0 Å². The van der Waals surface area contributed by atoms with Crippen LogP contribution in [0.25, 0.3) is 0 Å². The van der Waals surface area contributed by atoms with Gasteiger partial charge in [0.25, 0.3) is 0 Å². The van der Waals surface area contributed by atoms with Gasteiger partial charge in [-0.3, -0.25) is 0 Å². The summed E-state index contributed by atoms with van der Waals surface area (Å²) in [5.74, 6) is 0.898. The Morgan fingerprint density at radius 2 is 1.67 bits per heavy atom. The van der Waals surface area contributed by atoms with Crippen LogP contribution in [-0.4, -0.2) is 12.1 Å². The van der Waals surface area contributed by atoms with Crippen LogP contribution >= 0.6 is 0 Å².